The molecule has 0 aliphatic heterocycles. The number of carbonyl (C=O) groups excluding carboxylic acids is 2. The first-order valence-electron chi connectivity index (χ1n) is 5.15. The van der Waals surface area contributed by atoms with E-state index in [-0.39, 0.29) is 13.2 Å². The van der Waals surface area contributed by atoms with Crippen LogP contribution < -0.4 is 0 Å². The van der Waals surface area contributed by atoms with Crippen molar-refractivity contribution in [1.82, 2.24) is 0 Å². The zero-order valence-electron chi connectivity index (χ0n) is 9.91. The van der Waals surface area contributed by atoms with Crippen molar-refractivity contribution in [3.8, 4) is 0 Å². The number of rotatable bonds is 7. The highest BCUT2D eigenvalue weighted by Crippen LogP contribution is 2.17. The molecular formula is C10H14O8. The van der Waals surface area contributed by atoms with Crippen LogP contribution in [0.15, 0.2) is 0 Å². The van der Waals surface area contributed by atoms with E-state index in [2.05, 4.69) is 9.47 Å². The Balaban J connectivity index is 5.24. The minimum Gasteiger partial charge on any atom is -0.481 e. The molecule has 0 aromatic rings. The third kappa shape index (κ3) is 4.04. The maximum Gasteiger partial charge on any atom is 0.321 e. The molecule has 0 spiro atoms. The average Bonchev–Trinajstić information content (AvgIpc) is 2.24. The van der Waals surface area contributed by atoms with Gasteiger partial charge in [0.2, 0.25) is 0 Å². The number of carboxylic acid groups (broad SMARTS) is 2. The normalized spacial score (nSPS) is 13.2. The predicted octanol–water partition coefficient (Wildman–Crippen LogP) is -0.486. The van der Waals surface area contributed by atoms with Crippen molar-refractivity contribution >= 4 is 23.9 Å². The summed E-state index contributed by atoms with van der Waals surface area (Å²) in [5.41, 5.74) is 0. The highest BCUT2D eigenvalue weighted by molar-refractivity contribution is 6.06. The molecular weight excluding hydrogens is 248 g/mol. The van der Waals surface area contributed by atoms with E-state index >= 15 is 0 Å². The van der Waals surface area contributed by atoms with Gasteiger partial charge in [-0.15, -0.1) is 0 Å². The second-order valence-corrected chi connectivity index (χ2v) is 3.14. The van der Waals surface area contributed by atoms with E-state index in [1.807, 2.05) is 0 Å². The monoisotopic (exact) mass is 262 g/mol. The van der Waals surface area contributed by atoms with E-state index in [0.717, 1.165) is 0 Å². The molecule has 0 saturated carbocycles. The Hall–Kier alpha value is -2.12. The molecule has 0 fully saturated rings. The lowest BCUT2D eigenvalue weighted by atomic mass is 9.92. The maximum absolute atomic E-state index is 11.4. The zero-order valence-corrected chi connectivity index (χ0v) is 9.91. The minimum atomic E-state index is -2.12. The van der Waals surface area contributed by atoms with E-state index in [1.54, 1.807) is 0 Å². The summed E-state index contributed by atoms with van der Waals surface area (Å²) < 4.78 is 8.87. The minimum absolute atomic E-state index is 0.127. The molecule has 0 heterocycles. The topological polar surface area (TPSA) is 127 Å². The van der Waals surface area contributed by atoms with Crippen molar-refractivity contribution in [1.29, 1.82) is 0 Å². The molecule has 0 aromatic carbocycles. The van der Waals surface area contributed by atoms with Gasteiger partial charge in [0.15, 0.2) is 11.8 Å². The fourth-order valence-electron chi connectivity index (χ4n) is 1.22. The third-order valence-corrected chi connectivity index (χ3v) is 1.95. The van der Waals surface area contributed by atoms with Crippen molar-refractivity contribution in [2.45, 2.75) is 13.8 Å². The van der Waals surface area contributed by atoms with Gasteiger partial charge < -0.3 is 19.7 Å². The molecule has 0 saturated heterocycles. The summed E-state index contributed by atoms with van der Waals surface area (Å²) in [6, 6.07) is 0. The van der Waals surface area contributed by atoms with Crippen LogP contribution >= 0.6 is 0 Å². The van der Waals surface area contributed by atoms with Crippen LogP contribution in [0.5, 0.6) is 0 Å². The van der Waals surface area contributed by atoms with Crippen LogP contribution in [-0.4, -0.2) is 47.3 Å². The van der Waals surface area contributed by atoms with Gasteiger partial charge in [-0.25, -0.2) is 0 Å². The zero-order chi connectivity index (χ0) is 14.3. The van der Waals surface area contributed by atoms with E-state index in [4.69, 9.17) is 10.2 Å². The number of aliphatic carboxylic acids is 2. The third-order valence-electron chi connectivity index (χ3n) is 1.95. The lowest BCUT2D eigenvalue weighted by Gasteiger charge is -2.17. The van der Waals surface area contributed by atoms with Crippen LogP contribution in [0.4, 0.5) is 0 Å². The summed E-state index contributed by atoms with van der Waals surface area (Å²) in [5, 5.41) is 17.7. The summed E-state index contributed by atoms with van der Waals surface area (Å²) >= 11 is 0. The molecule has 8 heteroatoms. The molecule has 8 nitrogen and oxygen atoms in total. The van der Waals surface area contributed by atoms with Gasteiger partial charge in [0.1, 0.15) is 0 Å². The second kappa shape index (κ2) is 7.25. The average molecular weight is 262 g/mol. The Morgan fingerprint density at radius 1 is 0.833 bits per heavy atom. The fourth-order valence-corrected chi connectivity index (χ4v) is 1.22. The van der Waals surface area contributed by atoms with Crippen LogP contribution in [0, 0.1) is 11.8 Å². The van der Waals surface area contributed by atoms with E-state index in [1.165, 1.54) is 13.8 Å². The van der Waals surface area contributed by atoms with Gasteiger partial charge in [-0.3, -0.25) is 19.2 Å². The Morgan fingerprint density at radius 2 is 1.11 bits per heavy atom. The molecule has 0 unspecified atom stereocenters. The maximum atomic E-state index is 11.4. The van der Waals surface area contributed by atoms with Crippen LogP contribution in [0.2, 0.25) is 0 Å². The summed E-state index contributed by atoms with van der Waals surface area (Å²) in [6.07, 6.45) is 0. The summed E-state index contributed by atoms with van der Waals surface area (Å²) in [4.78, 5) is 44.5. The number of hydrogen-bond donors (Lipinski definition) is 2. The number of esters is 2. The van der Waals surface area contributed by atoms with Gasteiger partial charge in [0.05, 0.1) is 13.2 Å². The summed E-state index contributed by atoms with van der Waals surface area (Å²) in [6.45, 7) is 2.60. The molecule has 0 amide bonds. The van der Waals surface area contributed by atoms with Crippen molar-refractivity contribution in [2.24, 2.45) is 11.8 Å². The Bertz CT molecular complexity index is 314. The van der Waals surface area contributed by atoms with Gasteiger partial charge in [-0.1, -0.05) is 0 Å². The van der Waals surface area contributed by atoms with Crippen LogP contribution in [0.3, 0.4) is 0 Å². The Labute approximate surface area is 102 Å². The second-order valence-electron chi connectivity index (χ2n) is 3.14. The first-order chi connectivity index (χ1) is 8.36. The highest BCUT2D eigenvalue weighted by atomic mass is 16.5. The predicted molar refractivity (Wildman–Crippen MR) is 55.5 cm³/mol. The number of hydrogen-bond acceptors (Lipinski definition) is 6. The van der Waals surface area contributed by atoms with Crippen LogP contribution in [0.1, 0.15) is 13.8 Å². The quantitative estimate of drug-likeness (QED) is 0.465. The smallest absolute Gasteiger partial charge is 0.321 e. The molecule has 18 heavy (non-hydrogen) atoms. The SMILES string of the molecule is CCOC(=O)[C@@H](C(=O)O)[C@H](C(=O)O)C(=O)OCC. The van der Waals surface area contributed by atoms with E-state index in [9.17, 15) is 19.2 Å². The molecule has 0 aliphatic rings. The van der Waals surface area contributed by atoms with Crippen LogP contribution in [-0.2, 0) is 28.7 Å². The number of carbonyl (C=O) groups is 4. The standard InChI is InChI=1S/C10H14O8/c1-3-17-9(15)5(7(11)12)6(8(13)14)10(16)18-4-2/h5-6H,3-4H2,1-2H3,(H,11,12)(H,13,14)/t5-,6-/m1/s1. The summed E-state index contributed by atoms with van der Waals surface area (Å²) in [5.74, 6) is -10.3. The molecule has 0 bridgehead atoms. The van der Waals surface area contributed by atoms with Gasteiger partial charge in [-0.05, 0) is 13.8 Å². The molecule has 0 aromatic heterocycles. The summed E-state index contributed by atoms with van der Waals surface area (Å²) in [7, 11) is 0. The van der Waals surface area contributed by atoms with Crippen molar-refractivity contribution < 1.29 is 38.9 Å². The van der Waals surface area contributed by atoms with Crippen molar-refractivity contribution in [2.75, 3.05) is 13.2 Å². The Kier molecular flexibility index (Phi) is 6.40. The highest BCUT2D eigenvalue weighted by Gasteiger charge is 2.46. The van der Waals surface area contributed by atoms with E-state index in [0.29, 0.717) is 0 Å². The first-order valence-corrected chi connectivity index (χ1v) is 5.15. The largest absolute Gasteiger partial charge is 0.481 e. The van der Waals surface area contributed by atoms with Gasteiger partial charge in [-0.2, -0.15) is 0 Å². The number of carboxylic acids is 2. The first kappa shape index (κ1) is 15.9. The number of ether oxygens (including phenoxy) is 2. The Morgan fingerprint density at radius 3 is 1.28 bits per heavy atom. The lowest BCUT2D eigenvalue weighted by Crippen LogP contribution is -2.42. The molecule has 102 valence electrons. The van der Waals surface area contributed by atoms with Gasteiger partial charge >= 0.3 is 23.9 Å². The molecule has 2 N–H and O–H groups in total. The lowest BCUT2D eigenvalue weighted by molar-refractivity contribution is -0.175. The van der Waals surface area contributed by atoms with Crippen LogP contribution in [0.25, 0.3) is 0 Å². The molecule has 0 radical (unpaired) electrons. The van der Waals surface area contributed by atoms with Gasteiger partial charge in [0, 0.05) is 0 Å². The van der Waals surface area contributed by atoms with Crippen molar-refractivity contribution in [3.63, 3.8) is 0 Å². The fraction of sp³-hybridized carbons (Fsp3) is 0.600. The molecule has 0 rings (SSSR count). The molecule has 2 atom stereocenters. The van der Waals surface area contributed by atoms with Crippen molar-refractivity contribution in [3.05, 3.63) is 0 Å². The molecule has 0 aliphatic carbocycles. The van der Waals surface area contributed by atoms with E-state index < -0.39 is 35.7 Å². The van der Waals surface area contributed by atoms with Gasteiger partial charge in [0.25, 0.3) is 0 Å².